The van der Waals surface area contributed by atoms with Gasteiger partial charge in [-0.05, 0) is 61.6 Å². The summed E-state index contributed by atoms with van der Waals surface area (Å²) < 4.78 is 6.06. The molecule has 0 radical (unpaired) electrons. The van der Waals surface area contributed by atoms with E-state index in [2.05, 4.69) is 49.9 Å². The van der Waals surface area contributed by atoms with E-state index in [1.807, 2.05) is 39.0 Å². The lowest BCUT2D eigenvalue weighted by Gasteiger charge is -2.18. The largest absolute Gasteiger partial charge is 0.444 e. The van der Waals surface area contributed by atoms with Crippen molar-refractivity contribution >= 4 is 39.6 Å². The number of aromatic amines is 1. The van der Waals surface area contributed by atoms with Gasteiger partial charge in [-0.25, -0.2) is 4.79 Å². The monoisotopic (exact) mass is 397 g/mol. The van der Waals surface area contributed by atoms with Gasteiger partial charge in [-0.2, -0.15) is 5.10 Å². The first-order valence-corrected chi connectivity index (χ1v) is 7.52. The highest BCUT2D eigenvalue weighted by molar-refractivity contribution is 14.1. The molecule has 1 aromatic heterocycles. The molecule has 6 heteroatoms. The molecule has 1 aromatic carbocycles. The van der Waals surface area contributed by atoms with Crippen LogP contribution in [0.4, 0.5) is 4.79 Å². The fourth-order valence-corrected chi connectivity index (χ4v) is 2.23. The van der Waals surface area contributed by atoms with Gasteiger partial charge in [0.2, 0.25) is 0 Å². The van der Waals surface area contributed by atoms with Crippen LogP contribution in [0.1, 0.15) is 26.3 Å². The molecule has 0 saturated heterocycles. The Labute approximate surface area is 137 Å². The van der Waals surface area contributed by atoms with Crippen molar-refractivity contribution in [3.05, 3.63) is 27.5 Å². The number of rotatable bonds is 1. The number of nitrogens with zero attached hydrogens (tertiary/aromatic N) is 1. The highest BCUT2D eigenvalue weighted by Gasteiger charge is 2.14. The van der Waals surface area contributed by atoms with Gasteiger partial charge in [0.25, 0.3) is 0 Å². The predicted molar refractivity (Wildman–Crippen MR) is 89.9 cm³/mol. The molecule has 0 saturated carbocycles. The Balaban J connectivity index is 1.94. The maximum absolute atomic E-state index is 11.4. The van der Waals surface area contributed by atoms with Gasteiger partial charge in [-0.1, -0.05) is 11.8 Å². The van der Waals surface area contributed by atoms with Gasteiger partial charge in [0.1, 0.15) is 9.30 Å². The molecule has 0 spiro atoms. The molecule has 0 fully saturated rings. The minimum atomic E-state index is -0.500. The molecule has 0 aliphatic rings. The minimum Gasteiger partial charge on any atom is -0.444 e. The third kappa shape index (κ3) is 4.63. The number of halogens is 1. The zero-order chi connectivity index (χ0) is 15.5. The lowest BCUT2D eigenvalue weighted by molar-refractivity contribution is 0.0535. The standard InChI is InChI=1S/C15H16IN3O2/c1-15(2,3)21-14(20)17-8-4-5-10-6-7-11-12(9-10)18-19-13(11)16/h6-7,9H,8H2,1-3H3,(H,17,20)(H,18,19). The summed E-state index contributed by atoms with van der Waals surface area (Å²) in [6, 6.07) is 5.84. The summed E-state index contributed by atoms with van der Waals surface area (Å²) in [4.78, 5) is 11.4. The number of H-pyrrole nitrogens is 1. The van der Waals surface area contributed by atoms with E-state index in [1.165, 1.54) is 0 Å². The van der Waals surface area contributed by atoms with Crippen LogP contribution in [0.15, 0.2) is 18.2 Å². The number of amides is 1. The van der Waals surface area contributed by atoms with Gasteiger partial charge in [0.15, 0.2) is 0 Å². The maximum atomic E-state index is 11.4. The molecule has 2 rings (SSSR count). The fourth-order valence-electron chi connectivity index (χ4n) is 1.64. The van der Waals surface area contributed by atoms with Crippen molar-refractivity contribution < 1.29 is 9.53 Å². The van der Waals surface area contributed by atoms with Gasteiger partial charge < -0.3 is 10.1 Å². The van der Waals surface area contributed by atoms with Crippen molar-refractivity contribution in [2.45, 2.75) is 26.4 Å². The smallest absolute Gasteiger partial charge is 0.408 e. The lowest BCUT2D eigenvalue weighted by Crippen LogP contribution is -2.32. The minimum absolute atomic E-state index is 0.244. The molecule has 1 amide bonds. The second-order valence-corrected chi connectivity index (χ2v) is 6.45. The summed E-state index contributed by atoms with van der Waals surface area (Å²) in [6.07, 6.45) is -0.463. The Hall–Kier alpha value is -1.75. The zero-order valence-corrected chi connectivity index (χ0v) is 14.2. The van der Waals surface area contributed by atoms with Gasteiger partial charge in [0, 0.05) is 10.9 Å². The summed E-state index contributed by atoms with van der Waals surface area (Å²) in [7, 11) is 0. The topological polar surface area (TPSA) is 67.0 Å². The molecular formula is C15H16IN3O2. The number of carbonyl (C=O) groups is 1. The molecule has 1 heterocycles. The molecule has 21 heavy (non-hydrogen) atoms. The maximum Gasteiger partial charge on any atom is 0.408 e. The summed E-state index contributed by atoms with van der Waals surface area (Å²) in [5.74, 6) is 5.89. The van der Waals surface area contributed by atoms with Gasteiger partial charge in [0.05, 0.1) is 12.1 Å². The van der Waals surface area contributed by atoms with Crippen LogP contribution < -0.4 is 5.32 Å². The Morgan fingerprint density at radius 3 is 2.95 bits per heavy atom. The second kappa shape index (κ2) is 6.35. The first kappa shape index (κ1) is 15.6. The quantitative estimate of drug-likeness (QED) is 0.574. The van der Waals surface area contributed by atoms with Crippen molar-refractivity contribution in [1.82, 2.24) is 15.5 Å². The van der Waals surface area contributed by atoms with Gasteiger partial charge in [-0.15, -0.1) is 0 Å². The molecule has 2 aromatic rings. The number of hydrogen-bond acceptors (Lipinski definition) is 3. The molecule has 0 bridgehead atoms. The van der Waals surface area contributed by atoms with Crippen LogP contribution in [0.3, 0.4) is 0 Å². The average Bonchev–Trinajstić information content (AvgIpc) is 2.74. The summed E-state index contributed by atoms with van der Waals surface area (Å²) in [6.45, 7) is 5.70. The van der Waals surface area contributed by atoms with Crippen LogP contribution >= 0.6 is 22.6 Å². The van der Waals surface area contributed by atoms with E-state index in [0.29, 0.717) is 0 Å². The Morgan fingerprint density at radius 1 is 1.48 bits per heavy atom. The van der Waals surface area contributed by atoms with E-state index in [1.54, 1.807) is 0 Å². The van der Waals surface area contributed by atoms with Gasteiger partial charge >= 0.3 is 6.09 Å². The van der Waals surface area contributed by atoms with E-state index in [9.17, 15) is 4.79 Å². The van der Waals surface area contributed by atoms with Crippen molar-refractivity contribution in [3.63, 3.8) is 0 Å². The number of fused-ring (bicyclic) bond motifs is 1. The van der Waals surface area contributed by atoms with Crippen LogP contribution in [0.2, 0.25) is 0 Å². The Morgan fingerprint density at radius 2 is 2.24 bits per heavy atom. The van der Waals surface area contributed by atoms with Crippen LogP contribution in [0, 0.1) is 15.5 Å². The van der Waals surface area contributed by atoms with Crippen LogP contribution in [0.25, 0.3) is 10.9 Å². The highest BCUT2D eigenvalue weighted by atomic mass is 127. The van der Waals surface area contributed by atoms with Crippen molar-refractivity contribution in [1.29, 1.82) is 0 Å². The van der Waals surface area contributed by atoms with E-state index in [0.717, 1.165) is 20.2 Å². The number of carbonyl (C=O) groups excluding carboxylic acids is 1. The second-order valence-electron chi connectivity index (χ2n) is 5.43. The molecule has 0 unspecified atom stereocenters. The number of benzene rings is 1. The number of hydrogen-bond donors (Lipinski definition) is 2. The first-order chi connectivity index (χ1) is 9.85. The third-order valence-corrected chi connectivity index (χ3v) is 3.29. The first-order valence-electron chi connectivity index (χ1n) is 6.44. The SMILES string of the molecule is CC(C)(C)OC(=O)NCC#Cc1ccc2c(I)n[nH]c2c1. The molecule has 0 aliphatic carbocycles. The molecule has 5 nitrogen and oxygen atoms in total. The number of alkyl carbamates (subject to hydrolysis) is 1. The number of ether oxygens (including phenoxy) is 1. The molecule has 0 atom stereocenters. The molecule has 2 N–H and O–H groups in total. The Bertz CT molecular complexity index is 720. The van der Waals surface area contributed by atoms with Crippen molar-refractivity contribution in [2.75, 3.05) is 6.54 Å². The van der Waals surface area contributed by atoms with E-state index >= 15 is 0 Å². The molecule has 110 valence electrons. The lowest BCUT2D eigenvalue weighted by atomic mass is 10.2. The molecule has 0 aliphatic heterocycles. The zero-order valence-electron chi connectivity index (χ0n) is 12.1. The van der Waals surface area contributed by atoms with E-state index < -0.39 is 11.7 Å². The average molecular weight is 397 g/mol. The van der Waals surface area contributed by atoms with Crippen molar-refractivity contribution in [3.8, 4) is 11.8 Å². The van der Waals surface area contributed by atoms with Gasteiger partial charge in [-0.3, -0.25) is 5.10 Å². The Kier molecular flexibility index (Phi) is 4.73. The highest BCUT2D eigenvalue weighted by Crippen LogP contribution is 2.18. The normalized spacial score (nSPS) is 10.9. The van der Waals surface area contributed by atoms with E-state index in [-0.39, 0.29) is 6.54 Å². The van der Waals surface area contributed by atoms with Crippen molar-refractivity contribution in [2.24, 2.45) is 0 Å². The summed E-state index contributed by atoms with van der Waals surface area (Å²) in [5.41, 5.74) is 1.32. The number of nitrogens with one attached hydrogen (secondary N) is 2. The number of aromatic nitrogens is 2. The predicted octanol–water partition coefficient (Wildman–Crippen LogP) is 3.04. The van der Waals surface area contributed by atoms with Crippen LogP contribution in [0.5, 0.6) is 0 Å². The molecular weight excluding hydrogens is 381 g/mol. The summed E-state index contributed by atoms with van der Waals surface area (Å²) in [5, 5.41) is 10.7. The summed E-state index contributed by atoms with van der Waals surface area (Å²) >= 11 is 2.18. The fraction of sp³-hybridized carbons (Fsp3) is 0.333. The van der Waals surface area contributed by atoms with Crippen LogP contribution in [-0.4, -0.2) is 28.4 Å². The third-order valence-electron chi connectivity index (χ3n) is 2.47. The van der Waals surface area contributed by atoms with Crippen LogP contribution in [-0.2, 0) is 4.74 Å². The van der Waals surface area contributed by atoms with E-state index in [4.69, 9.17) is 4.74 Å².